The van der Waals surface area contributed by atoms with Crippen LogP contribution in [0.4, 0.5) is 0 Å². The summed E-state index contributed by atoms with van der Waals surface area (Å²) < 4.78 is 19.9. The smallest absolute Gasteiger partial charge is 0.325 e. The second kappa shape index (κ2) is 6.17. The number of ether oxygens (including phenoxy) is 1. The van der Waals surface area contributed by atoms with E-state index in [1.807, 2.05) is 0 Å². The van der Waals surface area contributed by atoms with Crippen LogP contribution in [0.3, 0.4) is 0 Å². The summed E-state index contributed by atoms with van der Waals surface area (Å²) in [5.74, 6) is -0.466. The Morgan fingerprint density at radius 1 is 1.57 bits per heavy atom. The first kappa shape index (κ1) is 13.6. The van der Waals surface area contributed by atoms with Crippen molar-refractivity contribution in [3.8, 4) is 0 Å². The summed E-state index contributed by atoms with van der Waals surface area (Å²) >= 11 is 0. The van der Waals surface area contributed by atoms with Crippen LogP contribution in [0.2, 0.25) is 0 Å². The highest BCUT2D eigenvalue weighted by Gasteiger charge is 2.14. The number of rotatable bonds is 6. The molecule has 0 heterocycles. The molecule has 0 spiro atoms. The maximum absolute atomic E-state index is 10.9. The Kier molecular flexibility index (Phi) is 6.00. The fourth-order valence-corrected chi connectivity index (χ4v) is 1.41. The number of esters is 1. The first-order valence-corrected chi connectivity index (χ1v) is 6.42. The summed E-state index contributed by atoms with van der Waals surface area (Å²) in [4.78, 5) is 19.7. The molecule has 0 bridgehead atoms. The van der Waals surface area contributed by atoms with E-state index in [2.05, 4.69) is 9.26 Å². The molecule has 2 atom stereocenters. The van der Waals surface area contributed by atoms with Crippen molar-refractivity contribution in [3.63, 3.8) is 0 Å². The Balaban J connectivity index is 3.55. The van der Waals surface area contributed by atoms with Gasteiger partial charge in [-0.3, -0.25) is 9.36 Å². The maximum atomic E-state index is 10.9. The van der Waals surface area contributed by atoms with Crippen LogP contribution in [0, 0.1) is 5.92 Å². The molecule has 84 valence electrons. The Bertz CT molecular complexity index is 222. The molecule has 1 N–H and O–H groups in total. The molecule has 0 aromatic carbocycles. The molecule has 5 nitrogen and oxygen atoms in total. The van der Waals surface area contributed by atoms with Crippen molar-refractivity contribution in [2.75, 3.05) is 20.4 Å². The predicted octanol–water partition coefficient (Wildman–Crippen LogP) is 1.41. The van der Waals surface area contributed by atoms with Crippen LogP contribution in [0.1, 0.15) is 19.8 Å². The minimum atomic E-state index is -3.37. The summed E-state index contributed by atoms with van der Waals surface area (Å²) in [6.45, 7) is 3.07. The van der Waals surface area contributed by atoms with Crippen molar-refractivity contribution in [2.24, 2.45) is 5.92 Å². The van der Waals surface area contributed by atoms with Gasteiger partial charge in [-0.05, 0) is 12.8 Å². The number of carbonyl (C=O) groups excluding carboxylic acids is 1. The molecule has 14 heavy (non-hydrogen) atoms. The quantitative estimate of drug-likeness (QED) is 0.419. The Hall–Kier alpha value is -0.380. The van der Waals surface area contributed by atoms with Crippen LogP contribution in [0.15, 0.2) is 0 Å². The topological polar surface area (TPSA) is 72.8 Å². The predicted molar refractivity (Wildman–Crippen MR) is 52.1 cm³/mol. The SMILES string of the molecule is COC(=O)C(C)CCCOP(C)(=O)O. The second-order valence-corrected chi connectivity index (χ2v) is 5.07. The molecule has 2 unspecified atom stereocenters. The maximum Gasteiger partial charge on any atom is 0.325 e. The fraction of sp³-hybridized carbons (Fsp3) is 0.875. The Morgan fingerprint density at radius 3 is 2.57 bits per heavy atom. The third-order valence-corrected chi connectivity index (χ3v) is 2.38. The number of hydrogen-bond acceptors (Lipinski definition) is 4. The van der Waals surface area contributed by atoms with Gasteiger partial charge in [0.1, 0.15) is 0 Å². The van der Waals surface area contributed by atoms with E-state index in [-0.39, 0.29) is 18.5 Å². The highest BCUT2D eigenvalue weighted by atomic mass is 31.2. The van der Waals surface area contributed by atoms with Gasteiger partial charge in [0.25, 0.3) is 0 Å². The first-order valence-electron chi connectivity index (χ1n) is 4.39. The highest BCUT2D eigenvalue weighted by Crippen LogP contribution is 2.36. The van der Waals surface area contributed by atoms with Crippen molar-refractivity contribution in [2.45, 2.75) is 19.8 Å². The minimum absolute atomic E-state index is 0.186. The van der Waals surface area contributed by atoms with Gasteiger partial charge in [-0.15, -0.1) is 0 Å². The van der Waals surface area contributed by atoms with Gasteiger partial charge in [-0.2, -0.15) is 0 Å². The van der Waals surface area contributed by atoms with Crippen LogP contribution >= 0.6 is 7.60 Å². The van der Waals surface area contributed by atoms with Crippen LogP contribution in [-0.4, -0.2) is 31.2 Å². The average molecular weight is 224 g/mol. The summed E-state index contributed by atoms with van der Waals surface area (Å²) in [7, 11) is -2.04. The third kappa shape index (κ3) is 7.06. The number of methoxy groups -OCH3 is 1. The van der Waals surface area contributed by atoms with Crippen LogP contribution in [0.25, 0.3) is 0 Å². The fourth-order valence-electron chi connectivity index (χ4n) is 0.942. The largest absolute Gasteiger partial charge is 0.469 e. The summed E-state index contributed by atoms with van der Waals surface area (Å²) in [5, 5.41) is 0. The number of carbonyl (C=O) groups is 1. The average Bonchev–Trinajstić information content (AvgIpc) is 2.09. The molecule has 6 heteroatoms. The zero-order valence-corrected chi connectivity index (χ0v) is 9.62. The van der Waals surface area contributed by atoms with Crippen molar-refractivity contribution < 1.29 is 23.5 Å². The van der Waals surface area contributed by atoms with Crippen LogP contribution in [-0.2, 0) is 18.6 Å². The van der Waals surface area contributed by atoms with E-state index in [1.165, 1.54) is 7.11 Å². The molecule has 0 aliphatic carbocycles. The normalized spacial score (nSPS) is 17.1. The molecule has 0 aromatic heterocycles. The van der Waals surface area contributed by atoms with Gasteiger partial charge in [-0.25, -0.2) is 0 Å². The summed E-state index contributed by atoms with van der Waals surface area (Å²) in [6, 6.07) is 0. The highest BCUT2D eigenvalue weighted by molar-refractivity contribution is 7.51. The molecule has 0 aliphatic heterocycles. The second-order valence-electron chi connectivity index (χ2n) is 3.20. The van der Waals surface area contributed by atoms with Gasteiger partial charge in [0.05, 0.1) is 19.6 Å². The van der Waals surface area contributed by atoms with E-state index in [4.69, 9.17) is 4.89 Å². The van der Waals surface area contributed by atoms with Gasteiger partial charge >= 0.3 is 13.6 Å². The monoisotopic (exact) mass is 224 g/mol. The summed E-state index contributed by atoms with van der Waals surface area (Å²) in [6.07, 6.45) is 1.15. The zero-order valence-electron chi connectivity index (χ0n) is 8.73. The molecule has 0 amide bonds. The standard InChI is InChI=1S/C8H17O5P/c1-7(8(9)12-2)5-4-6-13-14(3,10)11/h7H,4-6H2,1-3H3,(H,10,11). The lowest BCUT2D eigenvalue weighted by Crippen LogP contribution is -2.13. The molecular formula is C8H17O5P. The van der Waals surface area contributed by atoms with Crippen LogP contribution in [0.5, 0.6) is 0 Å². The van der Waals surface area contributed by atoms with Crippen LogP contribution < -0.4 is 0 Å². The summed E-state index contributed by atoms with van der Waals surface area (Å²) in [5.41, 5.74) is 0. The molecule has 0 fully saturated rings. The molecule has 0 saturated carbocycles. The Morgan fingerprint density at radius 2 is 2.14 bits per heavy atom. The molecule has 0 aliphatic rings. The molecular weight excluding hydrogens is 207 g/mol. The zero-order chi connectivity index (χ0) is 11.2. The van der Waals surface area contributed by atoms with Crippen molar-refractivity contribution >= 4 is 13.6 Å². The van der Waals surface area contributed by atoms with Crippen molar-refractivity contribution in [3.05, 3.63) is 0 Å². The van der Waals surface area contributed by atoms with E-state index < -0.39 is 7.60 Å². The van der Waals surface area contributed by atoms with Gasteiger partial charge in [0.15, 0.2) is 0 Å². The van der Waals surface area contributed by atoms with Gasteiger partial charge < -0.3 is 14.2 Å². The minimum Gasteiger partial charge on any atom is -0.469 e. The lowest BCUT2D eigenvalue weighted by Gasteiger charge is -2.09. The van der Waals surface area contributed by atoms with E-state index in [9.17, 15) is 9.36 Å². The van der Waals surface area contributed by atoms with Gasteiger partial charge in [0, 0.05) is 6.66 Å². The third-order valence-electron chi connectivity index (χ3n) is 1.72. The Labute approximate surface area is 83.9 Å². The van der Waals surface area contributed by atoms with Gasteiger partial charge in [0.2, 0.25) is 0 Å². The van der Waals surface area contributed by atoms with Gasteiger partial charge in [-0.1, -0.05) is 6.92 Å². The molecule has 0 rings (SSSR count). The van der Waals surface area contributed by atoms with Crippen molar-refractivity contribution in [1.82, 2.24) is 0 Å². The van der Waals surface area contributed by atoms with E-state index in [1.54, 1.807) is 6.92 Å². The molecule has 0 saturated heterocycles. The number of hydrogen-bond donors (Lipinski definition) is 1. The lowest BCUT2D eigenvalue weighted by atomic mass is 10.1. The first-order chi connectivity index (χ1) is 6.37. The van der Waals surface area contributed by atoms with E-state index in [0.717, 1.165) is 6.66 Å². The molecule has 0 radical (unpaired) electrons. The van der Waals surface area contributed by atoms with E-state index >= 15 is 0 Å². The van der Waals surface area contributed by atoms with E-state index in [0.29, 0.717) is 12.8 Å². The lowest BCUT2D eigenvalue weighted by molar-refractivity contribution is -0.145. The van der Waals surface area contributed by atoms with Crippen molar-refractivity contribution in [1.29, 1.82) is 0 Å². The molecule has 0 aromatic rings.